The third kappa shape index (κ3) is 5.35. The molecule has 1 aromatic heterocycles. The summed E-state index contributed by atoms with van der Waals surface area (Å²) >= 11 is 5.85. The molecule has 2 aromatic rings. The summed E-state index contributed by atoms with van der Waals surface area (Å²) in [6.07, 6.45) is 7.73. The highest BCUT2D eigenvalue weighted by atomic mass is 35.5. The first-order chi connectivity index (χ1) is 13.6. The lowest BCUT2D eigenvalue weighted by molar-refractivity contribution is 0.0600. The topological polar surface area (TPSA) is 64.6 Å². The zero-order chi connectivity index (χ0) is 19.9. The van der Waals surface area contributed by atoms with E-state index in [1.807, 2.05) is 19.1 Å². The predicted molar refractivity (Wildman–Crippen MR) is 109 cm³/mol. The molecule has 0 aliphatic carbocycles. The molecule has 3 rings (SSSR count). The van der Waals surface area contributed by atoms with Crippen molar-refractivity contribution in [2.75, 3.05) is 31.7 Å². The molecule has 0 saturated carbocycles. The Bertz CT molecular complexity index is 790. The molecule has 1 fully saturated rings. The molecule has 0 spiro atoms. The number of halogens is 1. The normalized spacial score (nSPS) is 14.8. The van der Waals surface area contributed by atoms with Crippen LogP contribution < -0.4 is 9.64 Å². The number of methoxy groups -OCH3 is 1. The Morgan fingerprint density at radius 1 is 1.25 bits per heavy atom. The van der Waals surface area contributed by atoms with E-state index in [0.29, 0.717) is 23.1 Å². The predicted octanol–water partition coefficient (Wildman–Crippen LogP) is 4.30. The number of hydrogen-bond acceptors (Lipinski definition) is 6. The number of aromatic nitrogens is 2. The van der Waals surface area contributed by atoms with Crippen LogP contribution in [0.4, 0.5) is 5.95 Å². The molecular weight excluding hydrogens is 378 g/mol. The Morgan fingerprint density at radius 2 is 1.96 bits per heavy atom. The van der Waals surface area contributed by atoms with Crippen LogP contribution in [0.5, 0.6) is 5.75 Å². The molecule has 0 N–H and O–H groups in total. The summed E-state index contributed by atoms with van der Waals surface area (Å²) < 4.78 is 10.6. The number of esters is 1. The van der Waals surface area contributed by atoms with E-state index in [1.165, 1.54) is 7.11 Å². The monoisotopic (exact) mass is 403 g/mol. The van der Waals surface area contributed by atoms with Crippen LogP contribution in [0.3, 0.4) is 0 Å². The van der Waals surface area contributed by atoms with Gasteiger partial charge in [0.15, 0.2) is 0 Å². The van der Waals surface area contributed by atoms with Crippen molar-refractivity contribution in [1.82, 2.24) is 9.97 Å². The maximum absolute atomic E-state index is 11.6. The van der Waals surface area contributed by atoms with Gasteiger partial charge in [-0.25, -0.2) is 14.8 Å². The number of rotatable bonds is 7. The number of hydrogen-bond donors (Lipinski definition) is 0. The zero-order valence-electron chi connectivity index (χ0n) is 16.4. The van der Waals surface area contributed by atoms with Crippen LogP contribution >= 0.6 is 11.6 Å². The number of nitrogens with zero attached hydrogens (tertiary/aromatic N) is 3. The average Bonchev–Trinajstić information content (AvgIpc) is 2.72. The highest BCUT2D eigenvalue weighted by Gasteiger charge is 2.20. The van der Waals surface area contributed by atoms with E-state index in [0.717, 1.165) is 56.0 Å². The molecule has 0 atom stereocenters. The van der Waals surface area contributed by atoms with E-state index in [2.05, 4.69) is 14.9 Å². The highest BCUT2D eigenvalue weighted by Crippen LogP contribution is 2.25. The van der Waals surface area contributed by atoms with Crippen molar-refractivity contribution < 1.29 is 14.3 Å². The lowest BCUT2D eigenvalue weighted by Crippen LogP contribution is -2.34. The number of ether oxygens (including phenoxy) is 2. The van der Waals surface area contributed by atoms with Crippen molar-refractivity contribution in [3.05, 3.63) is 46.7 Å². The second-order valence-electron chi connectivity index (χ2n) is 7.09. The molecule has 2 heterocycles. The number of aryl methyl sites for hydroxylation is 1. The number of carbonyl (C=O) groups excluding carboxylic acids is 1. The van der Waals surface area contributed by atoms with Crippen LogP contribution in [0.2, 0.25) is 5.02 Å². The van der Waals surface area contributed by atoms with Gasteiger partial charge in [0.2, 0.25) is 5.95 Å². The van der Waals surface area contributed by atoms with Gasteiger partial charge in [0.25, 0.3) is 0 Å². The lowest BCUT2D eigenvalue weighted by Gasteiger charge is -2.31. The molecule has 150 valence electrons. The van der Waals surface area contributed by atoms with Crippen molar-refractivity contribution >= 4 is 23.5 Å². The van der Waals surface area contributed by atoms with E-state index >= 15 is 0 Å². The van der Waals surface area contributed by atoms with Crippen molar-refractivity contribution in [1.29, 1.82) is 0 Å². The van der Waals surface area contributed by atoms with E-state index in [9.17, 15) is 4.79 Å². The lowest BCUT2D eigenvalue weighted by atomic mass is 9.92. The maximum atomic E-state index is 11.6. The first-order valence-corrected chi connectivity index (χ1v) is 9.99. The van der Waals surface area contributed by atoms with Gasteiger partial charge in [0.1, 0.15) is 5.75 Å². The molecular formula is C21H26ClN3O3. The Morgan fingerprint density at radius 3 is 2.61 bits per heavy atom. The number of carbonyl (C=O) groups is 1. The number of piperidine rings is 1. The summed E-state index contributed by atoms with van der Waals surface area (Å²) in [4.78, 5) is 22.4. The smallest absolute Gasteiger partial charge is 0.338 e. The minimum absolute atomic E-state index is 0.320. The largest absolute Gasteiger partial charge is 0.494 e. The van der Waals surface area contributed by atoms with Gasteiger partial charge in [-0.05, 0) is 62.3 Å². The molecule has 0 amide bonds. The second kappa shape index (κ2) is 9.73. The SMILES string of the molecule is COC(=O)c1ccc(OCCCC2CCN(c3ncc(Cl)cn3)CC2)cc1C. The van der Waals surface area contributed by atoms with Crippen LogP contribution in [-0.2, 0) is 4.74 Å². The summed E-state index contributed by atoms with van der Waals surface area (Å²) in [6.45, 7) is 4.51. The molecule has 1 saturated heterocycles. The van der Waals surface area contributed by atoms with Crippen LogP contribution in [0.1, 0.15) is 41.6 Å². The van der Waals surface area contributed by atoms with E-state index in [1.54, 1.807) is 18.5 Å². The zero-order valence-corrected chi connectivity index (χ0v) is 17.1. The van der Waals surface area contributed by atoms with E-state index in [4.69, 9.17) is 21.1 Å². The fraction of sp³-hybridized carbons (Fsp3) is 0.476. The van der Waals surface area contributed by atoms with Crippen LogP contribution in [0, 0.1) is 12.8 Å². The summed E-state index contributed by atoms with van der Waals surface area (Å²) in [6, 6.07) is 5.46. The summed E-state index contributed by atoms with van der Waals surface area (Å²) in [5.41, 5.74) is 1.44. The Balaban J connectivity index is 1.38. The number of benzene rings is 1. The molecule has 0 bridgehead atoms. The fourth-order valence-electron chi connectivity index (χ4n) is 3.52. The summed E-state index contributed by atoms with van der Waals surface area (Å²) in [5, 5.41) is 0.564. The highest BCUT2D eigenvalue weighted by molar-refractivity contribution is 6.30. The molecule has 7 heteroatoms. The van der Waals surface area contributed by atoms with Gasteiger partial charge < -0.3 is 14.4 Å². The van der Waals surface area contributed by atoms with Gasteiger partial charge in [-0.3, -0.25) is 0 Å². The van der Waals surface area contributed by atoms with Gasteiger partial charge in [-0.1, -0.05) is 11.6 Å². The molecule has 28 heavy (non-hydrogen) atoms. The van der Waals surface area contributed by atoms with Gasteiger partial charge in [0.05, 0.1) is 36.7 Å². The third-order valence-electron chi connectivity index (χ3n) is 5.13. The Hall–Kier alpha value is -2.34. The quantitative estimate of drug-likeness (QED) is 0.507. The maximum Gasteiger partial charge on any atom is 0.338 e. The molecule has 0 radical (unpaired) electrons. The fourth-order valence-corrected chi connectivity index (χ4v) is 3.61. The average molecular weight is 404 g/mol. The minimum Gasteiger partial charge on any atom is -0.494 e. The van der Waals surface area contributed by atoms with Crippen LogP contribution in [0.25, 0.3) is 0 Å². The molecule has 1 aliphatic rings. The van der Waals surface area contributed by atoms with Crippen LogP contribution in [-0.4, -0.2) is 42.7 Å². The molecule has 0 unspecified atom stereocenters. The number of anilines is 1. The van der Waals surface area contributed by atoms with Crippen molar-refractivity contribution in [2.45, 2.75) is 32.6 Å². The third-order valence-corrected chi connectivity index (χ3v) is 5.33. The van der Waals surface area contributed by atoms with E-state index < -0.39 is 0 Å². The first kappa shape index (κ1) is 20.4. The van der Waals surface area contributed by atoms with Gasteiger partial charge >= 0.3 is 5.97 Å². The Labute approximate surface area is 170 Å². The standard InChI is InChI=1S/C21H26ClN3O3/c1-15-12-18(5-6-19(15)20(26)27-2)28-11-3-4-16-7-9-25(10-8-16)21-23-13-17(22)14-24-21/h5-6,12-14,16H,3-4,7-11H2,1-2H3. The van der Waals surface area contributed by atoms with Gasteiger partial charge in [-0.2, -0.15) is 0 Å². The summed E-state index contributed by atoms with van der Waals surface area (Å²) in [5.74, 6) is 1.94. The van der Waals surface area contributed by atoms with Crippen molar-refractivity contribution in [3.63, 3.8) is 0 Å². The molecule has 1 aromatic carbocycles. The van der Waals surface area contributed by atoms with Crippen molar-refractivity contribution in [2.24, 2.45) is 5.92 Å². The second-order valence-corrected chi connectivity index (χ2v) is 7.53. The summed E-state index contributed by atoms with van der Waals surface area (Å²) in [7, 11) is 1.39. The van der Waals surface area contributed by atoms with E-state index in [-0.39, 0.29) is 5.97 Å². The Kier molecular flexibility index (Phi) is 7.09. The van der Waals surface area contributed by atoms with Gasteiger partial charge in [0, 0.05) is 13.1 Å². The van der Waals surface area contributed by atoms with Crippen LogP contribution in [0.15, 0.2) is 30.6 Å². The molecule has 6 nitrogen and oxygen atoms in total. The molecule has 1 aliphatic heterocycles. The first-order valence-electron chi connectivity index (χ1n) is 9.61. The minimum atomic E-state index is -0.320. The van der Waals surface area contributed by atoms with Gasteiger partial charge in [-0.15, -0.1) is 0 Å². The van der Waals surface area contributed by atoms with Crippen molar-refractivity contribution in [3.8, 4) is 5.75 Å².